The molecule has 0 aliphatic heterocycles. The summed E-state index contributed by atoms with van der Waals surface area (Å²) in [5, 5.41) is 7.96. The number of hydrogen-bond donors (Lipinski definition) is 2. The van der Waals surface area contributed by atoms with Gasteiger partial charge in [-0.3, -0.25) is 4.79 Å². The summed E-state index contributed by atoms with van der Waals surface area (Å²) in [4.78, 5) is 21.3. The van der Waals surface area contributed by atoms with Crippen LogP contribution in [0.1, 0.15) is 22.4 Å². The lowest BCUT2D eigenvalue weighted by Gasteiger charge is -2.10. The fraction of sp³-hybridized carbons (Fsp3) is 0.167. The minimum atomic E-state index is -0.108. The predicted octanol–water partition coefficient (Wildman–Crippen LogP) is 4.24. The van der Waals surface area contributed by atoms with Crippen molar-refractivity contribution in [3.63, 3.8) is 0 Å². The first-order valence-electron chi connectivity index (χ1n) is 7.84. The van der Waals surface area contributed by atoms with Crippen LogP contribution in [0.25, 0.3) is 0 Å². The molecule has 2 aromatic heterocycles. The van der Waals surface area contributed by atoms with Crippen LogP contribution in [0, 0.1) is 6.92 Å². The Morgan fingerprint density at radius 3 is 2.60 bits per heavy atom. The van der Waals surface area contributed by atoms with Gasteiger partial charge in [-0.1, -0.05) is 6.07 Å². The second-order valence-corrected chi connectivity index (χ2v) is 6.15. The van der Waals surface area contributed by atoms with Gasteiger partial charge < -0.3 is 15.4 Å². The third kappa shape index (κ3) is 4.54. The molecule has 128 valence electrons. The van der Waals surface area contributed by atoms with Crippen LogP contribution in [-0.2, 0) is 0 Å². The Bertz CT molecular complexity index is 848. The maximum atomic E-state index is 12.0. The minimum absolute atomic E-state index is 0.108. The molecule has 3 aromatic rings. The Hall–Kier alpha value is -2.93. The standard InChI is InChI=1S/C18H18N4O2S/c1-3-24-17-11-16(19-12(2)20-17)21-13-6-8-14(9-7-13)22-18(23)15-5-4-10-25-15/h4-11H,3H2,1-2H3,(H,22,23)(H,19,20,21). The molecule has 0 radical (unpaired) electrons. The van der Waals surface area contributed by atoms with Crippen molar-refractivity contribution in [2.45, 2.75) is 13.8 Å². The average Bonchev–Trinajstić information content (AvgIpc) is 3.11. The molecule has 0 aliphatic carbocycles. The van der Waals surface area contributed by atoms with Crippen molar-refractivity contribution in [1.82, 2.24) is 9.97 Å². The van der Waals surface area contributed by atoms with Gasteiger partial charge in [-0.05, 0) is 49.6 Å². The first-order chi connectivity index (χ1) is 12.1. The maximum absolute atomic E-state index is 12.0. The molecular weight excluding hydrogens is 336 g/mol. The molecule has 0 atom stereocenters. The highest BCUT2D eigenvalue weighted by atomic mass is 32.1. The van der Waals surface area contributed by atoms with Crippen molar-refractivity contribution in [3.05, 3.63) is 58.5 Å². The zero-order valence-corrected chi connectivity index (χ0v) is 14.8. The van der Waals surface area contributed by atoms with Gasteiger partial charge in [-0.2, -0.15) is 4.98 Å². The predicted molar refractivity (Wildman–Crippen MR) is 99.9 cm³/mol. The van der Waals surface area contributed by atoms with Crippen molar-refractivity contribution < 1.29 is 9.53 Å². The van der Waals surface area contributed by atoms with E-state index in [1.54, 1.807) is 12.1 Å². The van der Waals surface area contributed by atoms with E-state index in [1.165, 1.54) is 11.3 Å². The lowest BCUT2D eigenvalue weighted by molar-refractivity contribution is 0.103. The van der Waals surface area contributed by atoms with Crippen molar-refractivity contribution in [2.24, 2.45) is 0 Å². The summed E-state index contributed by atoms with van der Waals surface area (Å²) in [5.74, 6) is 1.72. The van der Waals surface area contributed by atoms with Crippen LogP contribution < -0.4 is 15.4 Å². The van der Waals surface area contributed by atoms with Crippen LogP contribution in [-0.4, -0.2) is 22.5 Å². The van der Waals surface area contributed by atoms with E-state index in [1.807, 2.05) is 49.6 Å². The fourth-order valence-electron chi connectivity index (χ4n) is 2.21. The third-order valence-electron chi connectivity index (χ3n) is 3.27. The summed E-state index contributed by atoms with van der Waals surface area (Å²) < 4.78 is 5.43. The van der Waals surface area contributed by atoms with Crippen LogP contribution in [0.5, 0.6) is 5.88 Å². The number of nitrogens with one attached hydrogen (secondary N) is 2. The first kappa shape index (κ1) is 16.9. The number of rotatable bonds is 6. The molecule has 1 aromatic carbocycles. The van der Waals surface area contributed by atoms with Gasteiger partial charge in [-0.15, -0.1) is 11.3 Å². The van der Waals surface area contributed by atoms with Gasteiger partial charge in [0, 0.05) is 17.4 Å². The summed E-state index contributed by atoms with van der Waals surface area (Å²) >= 11 is 1.41. The molecule has 2 heterocycles. The highest BCUT2D eigenvalue weighted by Gasteiger charge is 2.07. The van der Waals surface area contributed by atoms with Crippen molar-refractivity contribution in [3.8, 4) is 5.88 Å². The summed E-state index contributed by atoms with van der Waals surface area (Å²) in [5.41, 5.74) is 1.59. The Balaban J connectivity index is 1.67. The second kappa shape index (κ2) is 7.76. The van der Waals surface area contributed by atoms with Crippen LogP contribution in [0.4, 0.5) is 17.2 Å². The number of ether oxygens (including phenoxy) is 1. The van der Waals surface area contributed by atoms with Gasteiger partial charge in [0.15, 0.2) is 0 Å². The van der Waals surface area contributed by atoms with E-state index in [2.05, 4.69) is 20.6 Å². The average molecular weight is 354 g/mol. The largest absolute Gasteiger partial charge is 0.478 e. The van der Waals surface area contributed by atoms with E-state index in [-0.39, 0.29) is 5.91 Å². The van der Waals surface area contributed by atoms with Gasteiger partial charge in [0.25, 0.3) is 5.91 Å². The maximum Gasteiger partial charge on any atom is 0.265 e. The fourth-order valence-corrected chi connectivity index (χ4v) is 2.83. The van der Waals surface area contributed by atoms with Crippen LogP contribution in [0.2, 0.25) is 0 Å². The molecule has 6 nitrogen and oxygen atoms in total. The minimum Gasteiger partial charge on any atom is -0.478 e. The Kier molecular flexibility index (Phi) is 5.25. The van der Waals surface area contributed by atoms with E-state index in [4.69, 9.17) is 4.74 Å². The number of carbonyl (C=O) groups is 1. The number of nitrogens with zero attached hydrogens (tertiary/aromatic N) is 2. The molecule has 0 saturated heterocycles. The Labute approximate surface area is 149 Å². The third-order valence-corrected chi connectivity index (χ3v) is 4.14. The molecule has 1 amide bonds. The molecule has 0 fully saturated rings. The van der Waals surface area contributed by atoms with Gasteiger partial charge in [-0.25, -0.2) is 4.98 Å². The van der Waals surface area contributed by atoms with Gasteiger partial charge in [0.2, 0.25) is 5.88 Å². The number of aromatic nitrogens is 2. The lowest BCUT2D eigenvalue weighted by Crippen LogP contribution is -2.09. The number of hydrogen-bond acceptors (Lipinski definition) is 6. The van der Waals surface area contributed by atoms with E-state index in [0.717, 1.165) is 11.4 Å². The smallest absolute Gasteiger partial charge is 0.265 e. The number of benzene rings is 1. The molecular formula is C18H18N4O2S. The monoisotopic (exact) mass is 354 g/mol. The van der Waals surface area contributed by atoms with E-state index in [0.29, 0.717) is 29.0 Å². The van der Waals surface area contributed by atoms with E-state index in [9.17, 15) is 4.79 Å². The van der Waals surface area contributed by atoms with Gasteiger partial charge in [0.1, 0.15) is 11.6 Å². The molecule has 2 N–H and O–H groups in total. The van der Waals surface area contributed by atoms with Crippen LogP contribution in [0.15, 0.2) is 47.8 Å². The van der Waals surface area contributed by atoms with E-state index < -0.39 is 0 Å². The molecule has 3 rings (SSSR count). The van der Waals surface area contributed by atoms with Crippen LogP contribution in [0.3, 0.4) is 0 Å². The summed E-state index contributed by atoms with van der Waals surface area (Å²) in [6.07, 6.45) is 0. The highest BCUT2D eigenvalue weighted by Crippen LogP contribution is 2.21. The van der Waals surface area contributed by atoms with Crippen molar-refractivity contribution >= 4 is 34.4 Å². The van der Waals surface area contributed by atoms with Crippen molar-refractivity contribution in [2.75, 3.05) is 17.2 Å². The summed E-state index contributed by atoms with van der Waals surface area (Å²) in [6.45, 7) is 4.28. The Morgan fingerprint density at radius 1 is 1.16 bits per heavy atom. The molecule has 0 unspecified atom stereocenters. The van der Waals surface area contributed by atoms with Crippen molar-refractivity contribution in [1.29, 1.82) is 0 Å². The number of thiophene rings is 1. The molecule has 0 aliphatic rings. The lowest BCUT2D eigenvalue weighted by atomic mass is 10.2. The van der Waals surface area contributed by atoms with Gasteiger partial charge in [0.05, 0.1) is 11.5 Å². The zero-order valence-electron chi connectivity index (χ0n) is 13.9. The van der Waals surface area contributed by atoms with E-state index >= 15 is 0 Å². The van der Waals surface area contributed by atoms with Crippen LogP contribution >= 0.6 is 11.3 Å². The topological polar surface area (TPSA) is 76.1 Å². The number of aryl methyl sites for hydroxylation is 1. The molecule has 0 spiro atoms. The highest BCUT2D eigenvalue weighted by molar-refractivity contribution is 7.12. The Morgan fingerprint density at radius 2 is 1.92 bits per heavy atom. The first-order valence-corrected chi connectivity index (χ1v) is 8.72. The SMILES string of the molecule is CCOc1cc(Nc2ccc(NC(=O)c3cccs3)cc2)nc(C)n1. The molecule has 0 bridgehead atoms. The number of amides is 1. The molecule has 0 saturated carbocycles. The quantitative estimate of drug-likeness (QED) is 0.692. The number of anilines is 3. The zero-order chi connectivity index (χ0) is 17.6. The normalized spacial score (nSPS) is 10.3. The molecule has 25 heavy (non-hydrogen) atoms. The number of carbonyl (C=O) groups excluding carboxylic acids is 1. The van der Waals surface area contributed by atoms with Gasteiger partial charge >= 0.3 is 0 Å². The summed E-state index contributed by atoms with van der Waals surface area (Å²) in [6, 6.07) is 12.8. The second-order valence-electron chi connectivity index (χ2n) is 5.21. The summed E-state index contributed by atoms with van der Waals surface area (Å²) in [7, 11) is 0. The molecule has 7 heteroatoms.